The fourth-order valence-corrected chi connectivity index (χ4v) is 1.63. The monoisotopic (exact) mass is 257 g/mol. The van der Waals surface area contributed by atoms with Crippen molar-refractivity contribution in [1.82, 2.24) is 0 Å². The standard InChI is InChI=1S/C14H12FN3O/c1-19-11-3-5-14(13(17)7-11)18-10-2-4-12(15)9(6-10)8-16/h2-7,18H,17H2,1H3. The lowest BCUT2D eigenvalue weighted by Crippen LogP contribution is -1.98. The molecule has 3 N–H and O–H groups in total. The number of halogens is 1. The minimum atomic E-state index is -0.546. The van der Waals surface area contributed by atoms with E-state index >= 15 is 0 Å². The topological polar surface area (TPSA) is 71.1 Å². The molecule has 0 aliphatic heterocycles. The van der Waals surface area contributed by atoms with Gasteiger partial charge in [0.05, 0.1) is 24.0 Å². The van der Waals surface area contributed by atoms with Gasteiger partial charge in [0.25, 0.3) is 0 Å². The molecule has 0 radical (unpaired) electrons. The molecule has 0 aliphatic carbocycles. The van der Waals surface area contributed by atoms with Crippen LogP contribution in [0.25, 0.3) is 0 Å². The van der Waals surface area contributed by atoms with E-state index in [-0.39, 0.29) is 5.56 Å². The predicted molar refractivity (Wildman–Crippen MR) is 71.8 cm³/mol. The number of methoxy groups -OCH3 is 1. The zero-order valence-corrected chi connectivity index (χ0v) is 10.3. The summed E-state index contributed by atoms with van der Waals surface area (Å²) in [4.78, 5) is 0. The molecular formula is C14H12FN3O. The highest BCUT2D eigenvalue weighted by atomic mass is 19.1. The maximum absolute atomic E-state index is 13.2. The highest BCUT2D eigenvalue weighted by Crippen LogP contribution is 2.27. The molecule has 0 fully saturated rings. The zero-order valence-electron chi connectivity index (χ0n) is 10.3. The number of ether oxygens (including phenoxy) is 1. The molecule has 2 aromatic carbocycles. The van der Waals surface area contributed by atoms with Gasteiger partial charge in [-0.25, -0.2) is 4.39 Å². The van der Waals surface area contributed by atoms with E-state index in [1.54, 1.807) is 37.4 Å². The summed E-state index contributed by atoms with van der Waals surface area (Å²) < 4.78 is 18.2. The van der Waals surface area contributed by atoms with Gasteiger partial charge in [0.2, 0.25) is 0 Å². The molecule has 0 bridgehead atoms. The van der Waals surface area contributed by atoms with Crippen LogP contribution < -0.4 is 15.8 Å². The molecular weight excluding hydrogens is 245 g/mol. The number of nitriles is 1. The van der Waals surface area contributed by atoms with Gasteiger partial charge in [-0.2, -0.15) is 5.26 Å². The van der Waals surface area contributed by atoms with Crippen LogP contribution in [-0.2, 0) is 0 Å². The molecule has 96 valence electrons. The minimum Gasteiger partial charge on any atom is -0.497 e. The summed E-state index contributed by atoms with van der Waals surface area (Å²) in [6.07, 6.45) is 0. The van der Waals surface area contributed by atoms with Crippen LogP contribution in [0.2, 0.25) is 0 Å². The number of hydrogen-bond acceptors (Lipinski definition) is 4. The van der Waals surface area contributed by atoms with Crippen LogP contribution >= 0.6 is 0 Å². The maximum Gasteiger partial charge on any atom is 0.141 e. The van der Waals surface area contributed by atoms with Gasteiger partial charge in [0.1, 0.15) is 17.6 Å². The number of nitrogens with two attached hydrogens (primary N) is 1. The SMILES string of the molecule is COc1ccc(Nc2ccc(F)c(C#N)c2)c(N)c1. The molecule has 0 atom stereocenters. The summed E-state index contributed by atoms with van der Waals surface area (Å²) in [5.41, 5.74) is 7.60. The first-order valence-corrected chi connectivity index (χ1v) is 5.54. The van der Waals surface area contributed by atoms with Crippen molar-refractivity contribution >= 4 is 17.1 Å². The largest absolute Gasteiger partial charge is 0.497 e. The lowest BCUT2D eigenvalue weighted by molar-refractivity contribution is 0.415. The zero-order chi connectivity index (χ0) is 13.8. The highest BCUT2D eigenvalue weighted by molar-refractivity contribution is 5.74. The minimum absolute atomic E-state index is 0.0166. The second kappa shape index (κ2) is 5.27. The van der Waals surface area contributed by atoms with Crippen molar-refractivity contribution in [3.05, 3.63) is 47.8 Å². The molecule has 0 unspecified atom stereocenters. The number of anilines is 3. The molecule has 2 rings (SSSR count). The molecule has 0 saturated heterocycles. The molecule has 5 heteroatoms. The van der Waals surface area contributed by atoms with Crippen molar-refractivity contribution in [2.24, 2.45) is 0 Å². The smallest absolute Gasteiger partial charge is 0.141 e. The van der Waals surface area contributed by atoms with Crippen LogP contribution in [0.15, 0.2) is 36.4 Å². The van der Waals surface area contributed by atoms with E-state index in [4.69, 9.17) is 15.7 Å². The fourth-order valence-electron chi connectivity index (χ4n) is 1.63. The van der Waals surface area contributed by atoms with Crippen molar-refractivity contribution in [3.8, 4) is 11.8 Å². The van der Waals surface area contributed by atoms with Crippen molar-refractivity contribution in [2.75, 3.05) is 18.2 Å². The van der Waals surface area contributed by atoms with Crippen LogP contribution in [0.5, 0.6) is 5.75 Å². The predicted octanol–water partition coefficient (Wildman–Crippen LogP) is 3.03. The average molecular weight is 257 g/mol. The average Bonchev–Trinajstić information content (AvgIpc) is 2.43. The third kappa shape index (κ3) is 2.75. The Morgan fingerprint density at radius 1 is 1.26 bits per heavy atom. The van der Waals surface area contributed by atoms with E-state index in [9.17, 15) is 4.39 Å². The molecule has 4 nitrogen and oxygen atoms in total. The van der Waals surface area contributed by atoms with Crippen LogP contribution in [-0.4, -0.2) is 7.11 Å². The fraction of sp³-hybridized carbons (Fsp3) is 0.0714. The normalized spacial score (nSPS) is 9.74. The Balaban J connectivity index is 2.29. The van der Waals surface area contributed by atoms with Gasteiger partial charge >= 0.3 is 0 Å². The Morgan fingerprint density at radius 3 is 2.68 bits per heavy atom. The first-order valence-electron chi connectivity index (χ1n) is 5.54. The number of nitrogens with zero attached hydrogens (tertiary/aromatic N) is 1. The lowest BCUT2D eigenvalue weighted by atomic mass is 10.2. The third-order valence-electron chi connectivity index (χ3n) is 2.62. The van der Waals surface area contributed by atoms with E-state index in [1.165, 1.54) is 12.1 Å². The van der Waals surface area contributed by atoms with E-state index in [2.05, 4.69) is 5.32 Å². The third-order valence-corrected chi connectivity index (χ3v) is 2.62. The van der Waals surface area contributed by atoms with Gasteiger partial charge in [-0.05, 0) is 30.3 Å². The number of rotatable bonds is 3. The van der Waals surface area contributed by atoms with E-state index in [0.717, 1.165) is 0 Å². The van der Waals surface area contributed by atoms with Gasteiger partial charge in [-0.1, -0.05) is 0 Å². The summed E-state index contributed by atoms with van der Waals surface area (Å²) >= 11 is 0. The summed E-state index contributed by atoms with van der Waals surface area (Å²) in [7, 11) is 1.56. The number of hydrogen-bond donors (Lipinski definition) is 2. The van der Waals surface area contributed by atoms with Gasteiger partial charge in [-0.3, -0.25) is 0 Å². The summed E-state index contributed by atoms with van der Waals surface area (Å²) in [5.74, 6) is 0.107. The van der Waals surface area contributed by atoms with Crippen LogP contribution in [0.1, 0.15) is 5.56 Å². The Morgan fingerprint density at radius 2 is 2.05 bits per heavy atom. The van der Waals surface area contributed by atoms with Crippen molar-refractivity contribution in [2.45, 2.75) is 0 Å². The van der Waals surface area contributed by atoms with Crippen LogP contribution in [0.3, 0.4) is 0 Å². The highest BCUT2D eigenvalue weighted by Gasteiger charge is 2.05. The molecule has 2 aromatic rings. The molecule has 0 saturated carbocycles. The number of nitrogen functional groups attached to an aromatic ring is 1. The Labute approximate surface area is 110 Å². The van der Waals surface area contributed by atoms with Crippen LogP contribution in [0.4, 0.5) is 21.5 Å². The van der Waals surface area contributed by atoms with Gasteiger partial charge in [0, 0.05) is 11.8 Å². The second-order valence-electron chi connectivity index (χ2n) is 3.88. The van der Waals surface area contributed by atoms with Gasteiger partial charge in [0.15, 0.2) is 0 Å². The molecule has 0 heterocycles. The first-order chi connectivity index (χ1) is 9.13. The van der Waals surface area contributed by atoms with Crippen molar-refractivity contribution in [1.29, 1.82) is 5.26 Å². The molecule has 19 heavy (non-hydrogen) atoms. The summed E-state index contributed by atoms with van der Waals surface area (Å²) in [5, 5.41) is 11.8. The molecule has 0 spiro atoms. The Kier molecular flexibility index (Phi) is 3.53. The van der Waals surface area contributed by atoms with E-state index in [1.807, 2.05) is 0 Å². The van der Waals surface area contributed by atoms with Crippen molar-refractivity contribution in [3.63, 3.8) is 0 Å². The Hall–Kier alpha value is -2.74. The quantitative estimate of drug-likeness (QED) is 0.829. The maximum atomic E-state index is 13.2. The van der Waals surface area contributed by atoms with E-state index < -0.39 is 5.82 Å². The summed E-state index contributed by atoms with van der Waals surface area (Å²) in [6.45, 7) is 0. The molecule has 0 amide bonds. The van der Waals surface area contributed by atoms with Gasteiger partial charge in [-0.15, -0.1) is 0 Å². The number of nitrogens with one attached hydrogen (secondary N) is 1. The molecule has 0 aliphatic rings. The number of benzene rings is 2. The van der Waals surface area contributed by atoms with E-state index in [0.29, 0.717) is 22.8 Å². The van der Waals surface area contributed by atoms with Gasteiger partial charge < -0.3 is 15.8 Å². The Bertz CT molecular complexity index is 650. The second-order valence-corrected chi connectivity index (χ2v) is 3.88. The van der Waals surface area contributed by atoms with Crippen LogP contribution in [0, 0.1) is 17.1 Å². The lowest BCUT2D eigenvalue weighted by Gasteiger charge is -2.11. The van der Waals surface area contributed by atoms with Crippen molar-refractivity contribution < 1.29 is 9.13 Å². The molecule has 0 aromatic heterocycles. The first kappa shape index (κ1) is 12.7. The summed E-state index contributed by atoms with van der Waals surface area (Å²) in [6, 6.07) is 11.2.